The molecule has 1 fully saturated rings. The second kappa shape index (κ2) is 9.16. The largest absolute Gasteiger partial charge is 0.333 e. The lowest BCUT2D eigenvalue weighted by Crippen LogP contribution is -2.38. The van der Waals surface area contributed by atoms with Gasteiger partial charge >= 0.3 is 0 Å². The van der Waals surface area contributed by atoms with Gasteiger partial charge in [-0.25, -0.2) is 10.0 Å². The van der Waals surface area contributed by atoms with Gasteiger partial charge in [-0.05, 0) is 29.8 Å². The molecule has 1 saturated heterocycles. The fraction of sp³-hybridized carbons (Fsp3) is 0.154. The number of benzene rings is 3. The lowest BCUT2D eigenvalue weighted by atomic mass is 10.0. The molecule has 1 unspecified atom stereocenters. The number of hydrogen-bond acceptors (Lipinski definition) is 7. The van der Waals surface area contributed by atoms with Gasteiger partial charge in [0.25, 0.3) is 0 Å². The molecule has 1 atom stereocenters. The van der Waals surface area contributed by atoms with Crippen molar-refractivity contribution < 1.29 is 4.79 Å². The van der Waals surface area contributed by atoms with Crippen molar-refractivity contribution >= 4 is 51.3 Å². The summed E-state index contributed by atoms with van der Waals surface area (Å²) in [6, 6.07) is 26.7. The van der Waals surface area contributed by atoms with Crippen LogP contribution < -0.4 is 10.3 Å². The monoisotopic (exact) mass is 498 g/mol. The number of aromatic nitrogens is 2. The second-order valence-corrected chi connectivity index (χ2v) is 10.4. The van der Waals surface area contributed by atoms with Gasteiger partial charge in [-0.15, -0.1) is 10.2 Å². The minimum atomic E-state index is -0.0984. The number of nitrogens with one attached hydrogen (secondary N) is 1. The molecule has 0 saturated carbocycles. The van der Waals surface area contributed by atoms with Crippen molar-refractivity contribution in [2.45, 2.75) is 35.7 Å². The van der Waals surface area contributed by atoms with Crippen molar-refractivity contribution in [1.29, 1.82) is 0 Å². The number of nitrogens with zero attached hydrogens (tertiary/aromatic N) is 5. The Balaban J connectivity index is 1.25. The van der Waals surface area contributed by atoms with Gasteiger partial charge in [0.1, 0.15) is 10.8 Å². The summed E-state index contributed by atoms with van der Waals surface area (Å²) in [7, 11) is 0. The summed E-state index contributed by atoms with van der Waals surface area (Å²) in [6.07, 6.45) is 0.600. The van der Waals surface area contributed by atoms with Gasteiger partial charge in [0.15, 0.2) is 0 Å². The summed E-state index contributed by atoms with van der Waals surface area (Å²) in [5, 5.41) is 11.9. The third-order valence-corrected chi connectivity index (χ3v) is 7.92. The zero-order valence-electron chi connectivity index (χ0n) is 19.0. The molecule has 2 aliphatic rings. The molecule has 6 rings (SSSR count). The fourth-order valence-corrected chi connectivity index (χ4v) is 6.22. The number of hydrazine groups is 1. The number of amides is 1. The van der Waals surface area contributed by atoms with Crippen LogP contribution in [-0.4, -0.2) is 26.9 Å². The van der Waals surface area contributed by atoms with Gasteiger partial charge in [0, 0.05) is 23.1 Å². The lowest BCUT2D eigenvalue weighted by Gasteiger charge is -2.31. The van der Waals surface area contributed by atoms with E-state index in [-0.39, 0.29) is 11.9 Å². The summed E-state index contributed by atoms with van der Waals surface area (Å²) in [4.78, 5) is 21.7. The Bertz CT molecular complexity index is 1370. The second-order valence-electron chi connectivity index (χ2n) is 8.29. The standard InChI is InChI=1S/C26H22N6OS2/c1-17(33)32-21(18-9-3-2-4-10-18)15-24(30-32)27-26-29-28-25(35-26)16-31-19-11-5-7-13-22(19)34-23-14-8-6-12-20(23)31/h2-14,21H,15-16H2,1H3,(H,27,29,30). The van der Waals surface area contributed by atoms with Gasteiger partial charge < -0.3 is 4.90 Å². The molecule has 0 bridgehead atoms. The summed E-state index contributed by atoms with van der Waals surface area (Å²) in [5.41, 5.74) is 6.56. The molecule has 35 heavy (non-hydrogen) atoms. The number of hydrogen-bond donors (Lipinski definition) is 1. The lowest BCUT2D eigenvalue weighted by molar-refractivity contribution is -0.132. The summed E-state index contributed by atoms with van der Waals surface area (Å²) >= 11 is 3.26. The van der Waals surface area contributed by atoms with Crippen molar-refractivity contribution in [3.63, 3.8) is 0 Å². The maximum Gasteiger partial charge on any atom is 0.238 e. The first kappa shape index (κ1) is 21.8. The van der Waals surface area contributed by atoms with E-state index in [0.29, 0.717) is 23.9 Å². The summed E-state index contributed by atoms with van der Waals surface area (Å²) in [5.74, 6) is 0.657. The van der Waals surface area contributed by atoms with Crippen LogP contribution in [0.3, 0.4) is 0 Å². The van der Waals surface area contributed by atoms with Gasteiger partial charge in [0.05, 0.1) is 24.0 Å². The van der Waals surface area contributed by atoms with E-state index in [2.05, 4.69) is 69.1 Å². The van der Waals surface area contributed by atoms with E-state index in [1.807, 2.05) is 30.3 Å². The van der Waals surface area contributed by atoms with Gasteiger partial charge in [-0.1, -0.05) is 77.7 Å². The SMILES string of the molecule is CC(=O)N1N/C(=N/c2nnc(CN3c4ccccc4Sc4ccccc43)s2)CC1c1ccccc1. The molecular weight excluding hydrogens is 476 g/mol. The molecule has 1 amide bonds. The normalized spacial score (nSPS) is 17.7. The first-order valence-corrected chi connectivity index (χ1v) is 12.9. The van der Waals surface area contributed by atoms with Crippen molar-refractivity contribution in [2.24, 2.45) is 4.99 Å². The molecule has 1 aromatic heterocycles. The van der Waals surface area contributed by atoms with Crippen molar-refractivity contribution in [2.75, 3.05) is 4.90 Å². The van der Waals surface area contributed by atoms with Crippen molar-refractivity contribution in [3.8, 4) is 0 Å². The van der Waals surface area contributed by atoms with Crippen LogP contribution in [0.1, 0.15) is 30.0 Å². The minimum Gasteiger partial charge on any atom is -0.333 e. The molecule has 7 nitrogen and oxygen atoms in total. The average molecular weight is 499 g/mol. The van der Waals surface area contributed by atoms with Crippen LogP contribution in [0, 0.1) is 0 Å². The maximum absolute atomic E-state index is 12.2. The number of carbonyl (C=O) groups excluding carboxylic acids is 1. The quantitative estimate of drug-likeness (QED) is 0.379. The number of amidine groups is 1. The van der Waals surface area contributed by atoms with Crippen molar-refractivity contribution in [3.05, 3.63) is 89.4 Å². The highest BCUT2D eigenvalue weighted by Gasteiger charge is 2.32. The zero-order valence-corrected chi connectivity index (χ0v) is 20.6. The number of fused-ring (bicyclic) bond motifs is 2. The van der Waals surface area contributed by atoms with Crippen LogP contribution in [0.4, 0.5) is 16.5 Å². The number of rotatable bonds is 4. The first-order chi connectivity index (χ1) is 17.2. The van der Waals surface area contributed by atoms with E-state index < -0.39 is 0 Å². The molecule has 3 aromatic carbocycles. The van der Waals surface area contributed by atoms with Crippen LogP contribution in [0.2, 0.25) is 0 Å². The minimum absolute atomic E-state index is 0.0534. The predicted molar refractivity (Wildman–Crippen MR) is 139 cm³/mol. The Hall–Kier alpha value is -3.69. The number of anilines is 2. The van der Waals surface area contributed by atoms with Crippen LogP contribution in [0.15, 0.2) is 93.6 Å². The molecule has 3 heterocycles. The van der Waals surface area contributed by atoms with Crippen molar-refractivity contribution in [1.82, 2.24) is 20.6 Å². The van der Waals surface area contributed by atoms with Crippen LogP contribution >= 0.6 is 23.1 Å². The van der Waals surface area contributed by atoms with E-state index in [4.69, 9.17) is 4.99 Å². The summed E-state index contributed by atoms with van der Waals surface area (Å²) in [6.45, 7) is 2.16. The zero-order chi connectivity index (χ0) is 23.8. The highest BCUT2D eigenvalue weighted by molar-refractivity contribution is 7.99. The molecule has 174 valence electrons. The maximum atomic E-state index is 12.2. The number of para-hydroxylation sites is 2. The molecule has 0 spiro atoms. The summed E-state index contributed by atoms with van der Waals surface area (Å²) < 4.78 is 0. The van der Waals surface area contributed by atoms with E-state index in [1.165, 1.54) is 32.5 Å². The van der Waals surface area contributed by atoms with Gasteiger partial charge in [-0.3, -0.25) is 10.2 Å². The Labute approximate surface area is 211 Å². The average Bonchev–Trinajstić information content (AvgIpc) is 3.52. The Morgan fingerprint density at radius 2 is 1.63 bits per heavy atom. The Morgan fingerprint density at radius 3 is 2.31 bits per heavy atom. The predicted octanol–water partition coefficient (Wildman–Crippen LogP) is 5.87. The third kappa shape index (κ3) is 4.28. The molecule has 4 aromatic rings. The molecule has 0 radical (unpaired) electrons. The van der Waals surface area contributed by atoms with Gasteiger partial charge in [-0.2, -0.15) is 0 Å². The first-order valence-electron chi connectivity index (χ1n) is 11.3. The van der Waals surface area contributed by atoms with E-state index in [9.17, 15) is 4.79 Å². The van der Waals surface area contributed by atoms with E-state index in [1.54, 1.807) is 23.7 Å². The Morgan fingerprint density at radius 1 is 0.971 bits per heavy atom. The number of carbonyl (C=O) groups is 1. The highest BCUT2D eigenvalue weighted by Crippen LogP contribution is 2.48. The molecule has 1 N–H and O–H groups in total. The molecule has 0 aliphatic carbocycles. The Kier molecular flexibility index (Phi) is 5.71. The van der Waals surface area contributed by atoms with E-state index in [0.717, 1.165) is 10.6 Å². The highest BCUT2D eigenvalue weighted by atomic mass is 32.2. The smallest absolute Gasteiger partial charge is 0.238 e. The molecular formula is C26H22N6OS2. The third-order valence-electron chi connectivity index (χ3n) is 5.98. The van der Waals surface area contributed by atoms with Crippen LogP contribution in [0.25, 0.3) is 0 Å². The van der Waals surface area contributed by atoms with Crippen LogP contribution in [-0.2, 0) is 11.3 Å². The topological polar surface area (TPSA) is 73.7 Å². The molecule has 2 aliphatic heterocycles. The molecule has 9 heteroatoms. The fourth-order valence-electron chi connectivity index (χ4n) is 4.40. The number of aliphatic imine (C=N–C) groups is 1. The van der Waals surface area contributed by atoms with Crippen LogP contribution in [0.5, 0.6) is 0 Å². The van der Waals surface area contributed by atoms with Gasteiger partial charge in [0.2, 0.25) is 11.0 Å². The van der Waals surface area contributed by atoms with E-state index >= 15 is 0 Å².